The first-order valence-corrected chi connectivity index (χ1v) is 15.0. The van der Waals surface area contributed by atoms with Gasteiger partial charge in [-0.15, -0.1) is 0 Å². The van der Waals surface area contributed by atoms with Crippen molar-refractivity contribution in [3.8, 4) is 22.8 Å². The molecule has 2 aromatic heterocycles. The van der Waals surface area contributed by atoms with Gasteiger partial charge in [0.1, 0.15) is 46.1 Å². The van der Waals surface area contributed by atoms with Crippen LogP contribution in [0.25, 0.3) is 22.2 Å². The van der Waals surface area contributed by atoms with Gasteiger partial charge in [-0.05, 0) is 94.0 Å². The summed E-state index contributed by atoms with van der Waals surface area (Å²) in [6.07, 6.45) is 4.79. The van der Waals surface area contributed by atoms with E-state index in [0.29, 0.717) is 51.0 Å². The van der Waals surface area contributed by atoms with E-state index in [-0.39, 0.29) is 36.7 Å². The minimum atomic E-state index is -1.53. The highest BCUT2D eigenvalue weighted by Gasteiger charge is 2.59. The molecule has 3 aliphatic carbocycles. The van der Waals surface area contributed by atoms with Gasteiger partial charge >= 0.3 is 0 Å². The number of halogens is 1. The molecule has 4 aromatic rings. The molecule has 3 saturated carbocycles. The van der Waals surface area contributed by atoms with Crippen molar-refractivity contribution in [2.24, 2.45) is 5.92 Å². The van der Waals surface area contributed by atoms with E-state index in [4.69, 9.17) is 14.5 Å². The van der Waals surface area contributed by atoms with Crippen LogP contribution in [0.15, 0.2) is 60.8 Å². The number of nitrogens with zero attached hydrogens (tertiary/aromatic N) is 2. The van der Waals surface area contributed by atoms with Gasteiger partial charge in [0.25, 0.3) is 0 Å². The highest BCUT2D eigenvalue weighted by Crippen LogP contribution is 2.57. The molecule has 8 nitrogen and oxygen atoms in total. The number of rotatable bonds is 9. The van der Waals surface area contributed by atoms with Gasteiger partial charge in [-0.2, -0.15) is 0 Å². The SMILES string of the molecule is COc1cc(C(=O)CC[C@](C)(O)c2cc3c(c(-c4ccc(F)cc4)n2)OC[C@]3(C)C(=O)NC23CC(C2)C3)cc2cccnc12. The molecule has 8 rings (SSSR count). The molecule has 9 heteroatoms. The number of carbonyl (C=O) groups is 2. The molecule has 4 aliphatic rings. The molecule has 2 aromatic carbocycles. The second-order valence-electron chi connectivity index (χ2n) is 13.0. The minimum absolute atomic E-state index is 0.0323. The van der Waals surface area contributed by atoms with E-state index < -0.39 is 16.8 Å². The average Bonchev–Trinajstić information content (AvgIpc) is 3.34. The van der Waals surface area contributed by atoms with Crippen LogP contribution in [-0.2, 0) is 15.8 Å². The van der Waals surface area contributed by atoms with Crippen molar-refractivity contribution >= 4 is 22.6 Å². The number of nitrogens with one attached hydrogen (secondary N) is 1. The van der Waals surface area contributed by atoms with E-state index in [1.54, 1.807) is 49.5 Å². The third-order valence-electron chi connectivity index (χ3n) is 9.71. The quantitative estimate of drug-likeness (QED) is 0.241. The maximum absolute atomic E-state index is 13.8. The third kappa shape index (κ3) is 4.61. The van der Waals surface area contributed by atoms with Crippen LogP contribution < -0.4 is 14.8 Å². The topological polar surface area (TPSA) is 111 Å². The zero-order chi connectivity index (χ0) is 30.9. The zero-order valence-electron chi connectivity index (χ0n) is 24.9. The number of fused-ring (bicyclic) bond motifs is 2. The molecule has 1 aliphatic heterocycles. The second-order valence-corrected chi connectivity index (χ2v) is 13.0. The Kier molecular flexibility index (Phi) is 6.51. The van der Waals surface area contributed by atoms with E-state index in [9.17, 15) is 19.1 Å². The van der Waals surface area contributed by atoms with Crippen LogP contribution >= 0.6 is 0 Å². The van der Waals surface area contributed by atoms with Crippen LogP contribution in [0.2, 0.25) is 0 Å². The minimum Gasteiger partial charge on any atom is -0.494 e. The molecule has 3 fully saturated rings. The Hall–Kier alpha value is -4.37. The number of hydrogen-bond donors (Lipinski definition) is 2. The third-order valence-corrected chi connectivity index (χ3v) is 9.71. The molecular formula is C35H34FN3O5. The van der Waals surface area contributed by atoms with Crippen molar-refractivity contribution in [2.45, 2.75) is 62.5 Å². The Morgan fingerprint density at radius 3 is 2.59 bits per heavy atom. The maximum atomic E-state index is 13.8. The first-order chi connectivity index (χ1) is 21.0. The highest BCUT2D eigenvalue weighted by molar-refractivity contribution is 6.01. The summed E-state index contributed by atoms with van der Waals surface area (Å²) in [5, 5.41) is 15.9. The first-order valence-electron chi connectivity index (χ1n) is 15.0. The first kappa shape index (κ1) is 28.4. The summed E-state index contributed by atoms with van der Waals surface area (Å²) in [5.74, 6) is 0.975. The van der Waals surface area contributed by atoms with E-state index >= 15 is 0 Å². The molecule has 2 N–H and O–H groups in total. The summed E-state index contributed by atoms with van der Waals surface area (Å²) in [4.78, 5) is 36.3. The van der Waals surface area contributed by atoms with Crippen molar-refractivity contribution in [1.82, 2.24) is 15.3 Å². The van der Waals surface area contributed by atoms with Crippen molar-refractivity contribution in [2.75, 3.05) is 13.7 Å². The lowest BCUT2D eigenvalue weighted by Gasteiger charge is -2.62. The summed E-state index contributed by atoms with van der Waals surface area (Å²) in [7, 11) is 1.53. The second kappa shape index (κ2) is 10.1. The van der Waals surface area contributed by atoms with Crippen LogP contribution in [0.5, 0.6) is 11.5 Å². The number of aliphatic hydroxyl groups is 1. The normalized spacial score (nSPS) is 24.3. The van der Waals surface area contributed by atoms with E-state index in [0.717, 1.165) is 24.6 Å². The lowest BCUT2D eigenvalue weighted by molar-refractivity contribution is -0.138. The molecule has 0 spiro atoms. The van der Waals surface area contributed by atoms with Gasteiger partial charge in [-0.25, -0.2) is 9.37 Å². The number of ether oxygens (including phenoxy) is 2. The molecular weight excluding hydrogens is 561 g/mol. The smallest absolute Gasteiger partial charge is 0.234 e. The van der Waals surface area contributed by atoms with Crippen molar-refractivity contribution in [1.29, 1.82) is 0 Å². The molecule has 226 valence electrons. The fourth-order valence-electron chi connectivity index (χ4n) is 6.77. The number of carbonyl (C=O) groups excluding carboxylic acids is 2. The van der Waals surface area contributed by atoms with Gasteiger partial charge in [0.2, 0.25) is 5.91 Å². The lowest BCUT2D eigenvalue weighted by Crippen LogP contribution is -2.70. The highest BCUT2D eigenvalue weighted by atomic mass is 19.1. The van der Waals surface area contributed by atoms with Gasteiger partial charge in [0.05, 0.1) is 12.8 Å². The summed E-state index contributed by atoms with van der Waals surface area (Å²) < 4.78 is 25.5. The molecule has 0 radical (unpaired) electrons. The van der Waals surface area contributed by atoms with Crippen LogP contribution in [-0.4, -0.2) is 46.0 Å². The number of pyridine rings is 2. The van der Waals surface area contributed by atoms with Crippen molar-refractivity contribution < 1.29 is 28.6 Å². The van der Waals surface area contributed by atoms with E-state index in [2.05, 4.69) is 10.3 Å². The Balaban J connectivity index is 1.21. The number of amides is 1. The lowest BCUT2D eigenvalue weighted by atomic mass is 9.49. The molecule has 44 heavy (non-hydrogen) atoms. The van der Waals surface area contributed by atoms with E-state index in [1.807, 2.05) is 13.0 Å². The van der Waals surface area contributed by atoms with Gasteiger partial charge < -0.3 is 19.9 Å². The fraction of sp³-hybridized carbons (Fsp3) is 0.371. The largest absolute Gasteiger partial charge is 0.494 e. The van der Waals surface area contributed by atoms with Gasteiger partial charge in [-0.3, -0.25) is 14.6 Å². The predicted molar refractivity (Wildman–Crippen MR) is 162 cm³/mol. The number of Topliss-reactive ketones (excluding diaryl/α,β-unsaturated/α-hetero) is 1. The molecule has 1 amide bonds. The molecule has 2 bridgehead atoms. The molecule has 0 unspecified atom stereocenters. The standard InChI is InChI=1S/C35H34FN3O5/c1-33(32(41)39-35-16-20(17-35)18-35)19-44-31-25(33)15-28(38-30(31)21-6-8-24(36)9-7-21)34(2,42)11-10-26(40)23-13-22-5-4-12-37-29(22)27(14-23)43-3/h4-9,12-15,20,42H,10-11,16-19H2,1-3H3,(H,39,41)/t20?,33-,34-,35?/m0/s1. The summed E-state index contributed by atoms with van der Waals surface area (Å²) in [6.45, 7) is 3.58. The van der Waals surface area contributed by atoms with Crippen LogP contribution in [0.1, 0.15) is 67.6 Å². The van der Waals surface area contributed by atoms with Crippen molar-refractivity contribution in [3.63, 3.8) is 0 Å². The average molecular weight is 596 g/mol. The number of methoxy groups -OCH3 is 1. The maximum Gasteiger partial charge on any atom is 0.234 e. The summed E-state index contributed by atoms with van der Waals surface area (Å²) >= 11 is 0. The zero-order valence-corrected chi connectivity index (χ0v) is 24.9. The van der Waals surface area contributed by atoms with E-state index in [1.165, 1.54) is 19.2 Å². The Labute approximate surface area is 254 Å². The number of ketones is 1. The Morgan fingerprint density at radius 2 is 1.91 bits per heavy atom. The number of benzene rings is 2. The number of hydrogen-bond acceptors (Lipinski definition) is 7. The Morgan fingerprint density at radius 1 is 1.16 bits per heavy atom. The molecule has 0 saturated heterocycles. The summed E-state index contributed by atoms with van der Waals surface area (Å²) in [5.41, 5.74) is 0.389. The fourth-order valence-corrected chi connectivity index (χ4v) is 6.77. The van der Waals surface area contributed by atoms with Crippen LogP contribution in [0.4, 0.5) is 4.39 Å². The molecule has 3 heterocycles. The van der Waals surface area contributed by atoms with Gasteiger partial charge in [-0.1, -0.05) is 6.07 Å². The van der Waals surface area contributed by atoms with Crippen molar-refractivity contribution in [3.05, 3.63) is 83.4 Å². The van der Waals surface area contributed by atoms with Gasteiger partial charge in [0.15, 0.2) is 5.78 Å². The Bertz CT molecular complexity index is 1800. The van der Waals surface area contributed by atoms with Gasteiger partial charge in [0, 0.05) is 40.2 Å². The van der Waals surface area contributed by atoms with Crippen LogP contribution in [0.3, 0.4) is 0 Å². The monoisotopic (exact) mass is 595 g/mol. The predicted octanol–water partition coefficient (Wildman–Crippen LogP) is 5.63. The number of aromatic nitrogens is 2. The molecule has 2 atom stereocenters. The van der Waals surface area contributed by atoms with Crippen LogP contribution in [0, 0.1) is 11.7 Å². The summed E-state index contributed by atoms with van der Waals surface area (Å²) in [6, 6.07) is 14.7.